The van der Waals surface area contributed by atoms with E-state index in [1.165, 1.54) is 5.56 Å². The summed E-state index contributed by atoms with van der Waals surface area (Å²) >= 11 is 13.1. The van der Waals surface area contributed by atoms with Crippen LogP contribution in [0.15, 0.2) is 84.0 Å². The van der Waals surface area contributed by atoms with Crippen LogP contribution in [0.4, 0.5) is 0 Å². The average Bonchev–Trinajstić information content (AvgIpc) is 3.71. The summed E-state index contributed by atoms with van der Waals surface area (Å²) in [5, 5.41) is 5.65. The Morgan fingerprint density at radius 3 is 2.62 bits per heavy atom. The van der Waals surface area contributed by atoms with Gasteiger partial charge in [-0.3, -0.25) is 10.1 Å². The minimum atomic E-state index is -0.752. The monoisotopic (exact) mass is 568 g/mol. The zero-order valence-corrected chi connectivity index (χ0v) is 23.8. The largest absolute Gasteiger partial charge is 0.335 e. The molecule has 7 heteroatoms. The van der Waals surface area contributed by atoms with Gasteiger partial charge in [-0.25, -0.2) is 4.98 Å². The van der Waals surface area contributed by atoms with Crippen molar-refractivity contribution in [2.24, 2.45) is 7.05 Å². The van der Waals surface area contributed by atoms with E-state index in [9.17, 15) is 4.79 Å². The molecule has 5 aromatic rings. The number of nitrogens with zero attached hydrogens (tertiary/aromatic N) is 3. The second-order valence-electron chi connectivity index (χ2n) is 11.0. The average molecular weight is 570 g/mol. The number of fused-ring (bicyclic) bond motifs is 6. The third-order valence-corrected chi connectivity index (χ3v) is 9.04. The Balaban J connectivity index is 1.63. The van der Waals surface area contributed by atoms with Crippen molar-refractivity contribution in [2.75, 3.05) is 12.4 Å². The first kappa shape index (κ1) is 25.6. The second-order valence-corrected chi connectivity index (χ2v) is 11.8. The maximum atomic E-state index is 13.5. The van der Waals surface area contributed by atoms with Crippen LogP contribution < -0.4 is 10.9 Å². The molecule has 1 atom stereocenters. The summed E-state index contributed by atoms with van der Waals surface area (Å²) in [6.07, 6.45) is 7.46. The maximum Gasteiger partial charge on any atom is 0.251 e. The van der Waals surface area contributed by atoms with Crippen molar-refractivity contribution in [3.63, 3.8) is 0 Å². The highest BCUT2D eigenvalue weighted by Gasteiger charge is 2.39. The first-order chi connectivity index (χ1) is 19.5. The minimum Gasteiger partial charge on any atom is -0.335 e. The predicted octanol–water partition coefficient (Wildman–Crippen LogP) is 6.61. The van der Waals surface area contributed by atoms with Gasteiger partial charge >= 0.3 is 0 Å². The Kier molecular flexibility index (Phi) is 6.34. The zero-order chi connectivity index (χ0) is 27.4. The number of nitrogens with one attached hydrogen (secondary N) is 1. The SMILES string of the molecule is Cn1cncc1C1(NCCCl)c2ccc(Cl)c(c2)CCc2cccc(c2)-c2cc(=O)n(C3CC3)c3ccc1cc23. The molecule has 0 amide bonds. The van der Waals surface area contributed by atoms with Gasteiger partial charge in [0.2, 0.25) is 0 Å². The number of imidazole rings is 1. The Morgan fingerprint density at radius 1 is 1.02 bits per heavy atom. The molecule has 2 aromatic heterocycles. The minimum absolute atomic E-state index is 0.0593. The highest BCUT2D eigenvalue weighted by Crippen LogP contribution is 2.43. The lowest BCUT2D eigenvalue weighted by molar-refractivity contribution is 0.462. The Hall–Kier alpha value is -3.38. The lowest BCUT2D eigenvalue weighted by Gasteiger charge is -2.37. The molecule has 1 N–H and O–H groups in total. The third kappa shape index (κ3) is 4.11. The molecule has 5 nitrogen and oxygen atoms in total. The predicted molar refractivity (Wildman–Crippen MR) is 163 cm³/mol. The first-order valence-electron chi connectivity index (χ1n) is 13.9. The van der Waals surface area contributed by atoms with Crippen molar-refractivity contribution in [3.05, 3.63) is 123 Å². The molecular formula is C33H30Cl2N4O. The van der Waals surface area contributed by atoms with Gasteiger partial charge in [0, 0.05) is 42.0 Å². The summed E-state index contributed by atoms with van der Waals surface area (Å²) in [4.78, 5) is 18.0. The first-order valence-corrected chi connectivity index (χ1v) is 14.8. The molecule has 1 fully saturated rings. The van der Waals surface area contributed by atoms with Gasteiger partial charge in [-0.1, -0.05) is 54.1 Å². The van der Waals surface area contributed by atoms with Crippen LogP contribution in [0.5, 0.6) is 0 Å². The molecule has 40 heavy (non-hydrogen) atoms. The van der Waals surface area contributed by atoms with E-state index in [1.807, 2.05) is 36.3 Å². The van der Waals surface area contributed by atoms with Gasteiger partial charge in [0.1, 0.15) is 5.54 Å². The van der Waals surface area contributed by atoms with E-state index in [2.05, 4.69) is 69.5 Å². The third-order valence-electron chi connectivity index (χ3n) is 8.48. The van der Waals surface area contributed by atoms with E-state index in [1.54, 1.807) is 0 Å². The van der Waals surface area contributed by atoms with Crippen LogP contribution in [-0.4, -0.2) is 26.5 Å². The van der Waals surface area contributed by atoms with Crippen molar-refractivity contribution in [2.45, 2.75) is 37.3 Å². The summed E-state index contributed by atoms with van der Waals surface area (Å²) in [5.74, 6) is 0.450. The highest BCUT2D eigenvalue weighted by molar-refractivity contribution is 6.31. The second kappa shape index (κ2) is 9.91. The van der Waals surface area contributed by atoms with Crippen LogP contribution in [0.3, 0.4) is 0 Å². The Morgan fingerprint density at radius 2 is 1.85 bits per heavy atom. The highest BCUT2D eigenvalue weighted by atomic mass is 35.5. The standard InChI is InChI=1S/C33H30Cl2N4O/c1-38-20-36-19-31(38)33(37-14-13-34)24-7-11-29(35)23(16-24)6-5-21-3-2-4-22(15-21)27-18-32(40)39(26-9-10-26)30-12-8-25(33)17-28(27)30/h2-4,7-8,11-12,15-20,26,37H,5-6,9-10,13-14H2,1H3. The molecule has 2 aliphatic carbocycles. The summed E-state index contributed by atoms with van der Waals surface area (Å²) in [7, 11) is 2.02. The maximum absolute atomic E-state index is 13.5. The number of hydrogen-bond acceptors (Lipinski definition) is 3. The number of rotatable bonds is 5. The molecule has 0 radical (unpaired) electrons. The van der Waals surface area contributed by atoms with E-state index in [-0.39, 0.29) is 11.6 Å². The van der Waals surface area contributed by atoms with Gasteiger partial charge in [-0.2, -0.15) is 0 Å². The lowest BCUT2D eigenvalue weighted by atomic mass is 9.78. The molecule has 1 saturated carbocycles. The Labute approximate surface area is 243 Å². The van der Waals surface area contributed by atoms with Gasteiger partial charge < -0.3 is 9.13 Å². The van der Waals surface area contributed by atoms with Crippen molar-refractivity contribution < 1.29 is 0 Å². The van der Waals surface area contributed by atoms with Crippen LogP contribution >= 0.6 is 23.2 Å². The normalized spacial score (nSPS) is 18.4. The molecule has 0 aliphatic heterocycles. The number of halogens is 2. The van der Waals surface area contributed by atoms with E-state index < -0.39 is 5.54 Å². The Bertz CT molecular complexity index is 1820. The van der Waals surface area contributed by atoms with Gasteiger partial charge in [0.15, 0.2) is 0 Å². The van der Waals surface area contributed by atoms with Crippen LogP contribution in [0.2, 0.25) is 5.02 Å². The van der Waals surface area contributed by atoms with Crippen LogP contribution in [0, 0.1) is 0 Å². The van der Waals surface area contributed by atoms with Gasteiger partial charge in [0.05, 0.1) is 23.7 Å². The number of alkyl halides is 1. The van der Waals surface area contributed by atoms with Crippen LogP contribution in [0.1, 0.15) is 46.8 Å². The fraction of sp³-hybridized carbons (Fsp3) is 0.273. The molecule has 2 heterocycles. The molecule has 0 saturated heterocycles. The molecule has 2 aliphatic rings. The number of pyridine rings is 1. The van der Waals surface area contributed by atoms with E-state index >= 15 is 0 Å². The van der Waals surface area contributed by atoms with E-state index in [0.29, 0.717) is 12.4 Å². The fourth-order valence-corrected chi connectivity index (χ4v) is 6.72. The topological polar surface area (TPSA) is 51.9 Å². The molecular weight excluding hydrogens is 539 g/mol. The van der Waals surface area contributed by atoms with Gasteiger partial charge in [-0.15, -0.1) is 11.6 Å². The number of aromatic nitrogens is 3. The molecule has 202 valence electrons. The van der Waals surface area contributed by atoms with Crippen molar-refractivity contribution in [3.8, 4) is 11.1 Å². The van der Waals surface area contributed by atoms with Gasteiger partial charge in [0.25, 0.3) is 5.56 Å². The smallest absolute Gasteiger partial charge is 0.251 e. The summed E-state index contributed by atoms with van der Waals surface area (Å²) in [5.41, 5.74) is 7.73. The summed E-state index contributed by atoms with van der Waals surface area (Å²) < 4.78 is 4.05. The van der Waals surface area contributed by atoms with Crippen LogP contribution in [-0.2, 0) is 25.4 Å². The van der Waals surface area contributed by atoms with Crippen molar-refractivity contribution >= 4 is 34.1 Å². The van der Waals surface area contributed by atoms with Crippen molar-refractivity contribution in [1.82, 2.24) is 19.4 Å². The van der Waals surface area contributed by atoms with E-state index in [0.717, 1.165) is 75.1 Å². The molecule has 3 aromatic carbocycles. The van der Waals surface area contributed by atoms with E-state index in [4.69, 9.17) is 23.2 Å². The molecule has 0 spiro atoms. The molecule has 7 rings (SSSR count). The quantitative estimate of drug-likeness (QED) is 0.243. The summed E-state index contributed by atoms with van der Waals surface area (Å²) in [6, 6.07) is 23.6. The lowest BCUT2D eigenvalue weighted by Crippen LogP contribution is -2.46. The zero-order valence-electron chi connectivity index (χ0n) is 22.3. The molecule has 6 bridgehead atoms. The number of benzene rings is 3. The number of hydrogen-bond donors (Lipinski definition) is 1. The molecule has 1 unspecified atom stereocenters. The number of aryl methyl sites for hydroxylation is 3. The summed E-state index contributed by atoms with van der Waals surface area (Å²) in [6.45, 7) is 0.581. The van der Waals surface area contributed by atoms with Crippen LogP contribution in [0.25, 0.3) is 22.0 Å². The van der Waals surface area contributed by atoms with Gasteiger partial charge in [-0.05, 0) is 77.3 Å². The van der Waals surface area contributed by atoms with Crippen molar-refractivity contribution in [1.29, 1.82) is 0 Å². The fourth-order valence-electron chi connectivity index (χ4n) is 6.42.